The number of nitrogens with zero attached hydrogens (tertiary/aromatic N) is 1. The van der Waals surface area contributed by atoms with Crippen molar-refractivity contribution in [2.24, 2.45) is 11.8 Å². The third-order valence-electron chi connectivity index (χ3n) is 7.73. The molecule has 0 saturated carbocycles. The van der Waals surface area contributed by atoms with Crippen LogP contribution in [0, 0.1) is 11.8 Å². The lowest BCUT2D eigenvalue weighted by Crippen LogP contribution is -2.60. The summed E-state index contributed by atoms with van der Waals surface area (Å²) in [5.41, 5.74) is 5.53. The molecule has 0 bridgehead atoms. The third kappa shape index (κ3) is 11.1. The topological polar surface area (TPSA) is 134 Å². The van der Waals surface area contributed by atoms with Crippen molar-refractivity contribution >= 4 is 58.4 Å². The van der Waals surface area contributed by atoms with E-state index in [-0.39, 0.29) is 18.1 Å². The Hall–Kier alpha value is -2.89. The zero-order valence-corrected chi connectivity index (χ0v) is 28.9. The highest BCUT2D eigenvalue weighted by Crippen LogP contribution is 2.27. The number of hydrazine groups is 1. The van der Waals surface area contributed by atoms with E-state index in [9.17, 15) is 24.3 Å². The molecule has 2 amide bonds. The van der Waals surface area contributed by atoms with Crippen molar-refractivity contribution in [2.75, 3.05) is 13.2 Å². The Morgan fingerprint density at radius 1 is 1.02 bits per heavy atom. The van der Waals surface area contributed by atoms with Gasteiger partial charge < -0.3 is 19.9 Å². The monoisotopic (exact) mass is 697 g/mol. The Bertz CT molecular complexity index is 1370. The van der Waals surface area contributed by atoms with Gasteiger partial charge in [0.05, 0.1) is 6.10 Å². The van der Waals surface area contributed by atoms with Gasteiger partial charge >= 0.3 is 5.97 Å². The van der Waals surface area contributed by atoms with Crippen LogP contribution in [0.1, 0.15) is 65.5 Å². The lowest BCUT2D eigenvalue weighted by atomic mass is 9.88. The first-order valence-corrected chi connectivity index (χ1v) is 16.4. The summed E-state index contributed by atoms with van der Waals surface area (Å²) in [6.45, 7) is 8.46. The minimum Gasteiger partial charge on any atom is -0.483 e. The number of ketones is 1. The second-order valence-corrected chi connectivity index (χ2v) is 14.4. The molecule has 3 rings (SSSR count). The van der Waals surface area contributed by atoms with Gasteiger partial charge in [-0.2, -0.15) is 0 Å². The predicted octanol–water partition coefficient (Wildman–Crippen LogP) is 5.32. The summed E-state index contributed by atoms with van der Waals surface area (Å²) >= 11 is 16.9. The van der Waals surface area contributed by atoms with Crippen molar-refractivity contribution in [3.05, 3.63) is 54.1 Å². The molecule has 252 valence electrons. The van der Waals surface area contributed by atoms with Crippen molar-refractivity contribution in [1.29, 1.82) is 0 Å². The maximum Gasteiger partial charge on any atom is 0.325 e. The van der Waals surface area contributed by atoms with Crippen LogP contribution >= 0.6 is 34.8 Å². The summed E-state index contributed by atoms with van der Waals surface area (Å²) in [6, 6.07) is 13.2. The number of Topliss-reactive ketones (excluding diaryl/α,β-unsaturated/α-hetero) is 1. The van der Waals surface area contributed by atoms with Gasteiger partial charge in [-0.05, 0) is 74.4 Å². The number of esters is 1. The van der Waals surface area contributed by atoms with Gasteiger partial charge in [0.15, 0.2) is 11.9 Å². The summed E-state index contributed by atoms with van der Waals surface area (Å²) in [5.74, 6) is -2.18. The molecule has 1 heterocycles. The summed E-state index contributed by atoms with van der Waals surface area (Å²) in [6.07, 6.45) is -0.521. The lowest BCUT2D eigenvalue weighted by Gasteiger charge is -2.34. The van der Waals surface area contributed by atoms with Gasteiger partial charge in [0.2, 0.25) is 9.70 Å². The van der Waals surface area contributed by atoms with Crippen molar-refractivity contribution in [1.82, 2.24) is 15.8 Å². The van der Waals surface area contributed by atoms with E-state index in [4.69, 9.17) is 44.3 Å². The number of aliphatic hydroxyl groups excluding tert-OH is 1. The molecule has 2 aromatic carbocycles. The molecule has 0 radical (unpaired) electrons. The van der Waals surface area contributed by atoms with Gasteiger partial charge in [0.25, 0.3) is 5.91 Å². The minimum atomic E-state index is -1.75. The Kier molecular flexibility index (Phi) is 13.7. The van der Waals surface area contributed by atoms with Crippen LogP contribution in [-0.2, 0) is 23.9 Å². The van der Waals surface area contributed by atoms with Crippen molar-refractivity contribution in [3.63, 3.8) is 0 Å². The maximum absolute atomic E-state index is 13.3. The molecular weight excluding hydrogens is 657 g/mol. The highest BCUT2D eigenvalue weighted by molar-refractivity contribution is 6.67. The molecule has 3 N–H and O–H groups in total. The number of hydrogen-bond acceptors (Lipinski definition) is 8. The van der Waals surface area contributed by atoms with Crippen molar-refractivity contribution < 1.29 is 33.8 Å². The highest BCUT2D eigenvalue weighted by Gasteiger charge is 2.34. The van der Waals surface area contributed by atoms with Crippen molar-refractivity contribution in [3.8, 4) is 16.9 Å². The molecular formula is C33H42Cl3N3O7. The molecule has 2 aromatic rings. The van der Waals surface area contributed by atoms with Crippen LogP contribution in [0.2, 0.25) is 0 Å². The third-order valence-corrected chi connectivity index (χ3v) is 8.06. The van der Waals surface area contributed by atoms with E-state index in [1.165, 1.54) is 5.01 Å². The fraction of sp³-hybridized carbons (Fsp3) is 0.515. The molecule has 0 unspecified atom stereocenters. The normalized spacial score (nSPS) is 17.9. The standard InChI is InChI=1S/C33H42Cl3N3O7/c1-19(2)27(30(42)37-20(3)31(43)39-15-7-10-28(38-39)32(44)45-18-33(34,35)36)17-29(41)22(5)46-26-13-11-23(12-14-26)25-9-6-8-24(16-25)21(4)40/h6,8-9,11-14,16,19-22,27-28,38,40H,7,10,15,17-18H2,1-5H3,(H,37,42)/t20-,21+,22-,27-,28-/m0/s1. The van der Waals surface area contributed by atoms with Crippen molar-refractivity contribution in [2.45, 2.75) is 82.0 Å². The number of carbonyl (C=O) groups is 4. The van der Waals surface area contributed by atoms with E-state index in [1.54, 1.807) is 32.9 Å². The Morgan fingerprint density at radius 3 is 2.30 bits per heavy atom. The number of amides is 2. The highest BCUT2D eigenvalue weighted by atomic mass is 35.6. The smallest absolute Gasteiger partial charge is 0.325 e. The van der Waals surface area contributed by atoms with Gasteiger partial charge in [-0.15, -0.1) is 0 Å². The molecule has 0 aliphatic carbocycles. The van der Waals surface area contributed by atoms with Gasteiger partial charge in [-0.25, -0.2) is 5.43 Å². The zero-order chi connectivity index (χ0) is 34.2. The number of ether oxygens (including phenoxy) is 2. The average Bonchev–Trinajstić information content (AvgIpc) is 3.01. The number of benzene rings is 2. The number of aliphatic hydroxyl groups is 1. The largest absolute Gasteiger partial charge is 0.483 e. The fourth-order valence-electron chi connectivity index (χ4n) is 4.97. The summed E-state index contributed by atoms with van der Waals surface area (Å²) in [4.78, 5) is 51.9. The van der Waals surface area contributed by atoms with Crippen LogP contribution < -0.4 is 15.5 Å². The minimum absolute atomic E-state index is 0.0745. The first kappa shape index (κ1) is 37.6. The van der Waals surface area contributed by atoms with Gasteiger partial charge in [0, 0.05) is 18.9 Å². The second kappa shape index (κ2) is 16.8. The van der Waals surface area contributed by atoms with E-state index in [0.29, 0.717) is 25.1 Å². The van der Waals surface area contributed by atoms with E-state index >= 15 is 0 Å². The predicted molar refractivity (Wildman–Crippen MR) is 177 cm³/mol. The van der Waals surface area contributed by atoms with Gasteiger partial charge in [0.1, 0.15) is 24.4 Å². The SMILES string of the molecule is CC(C)[C@H](CC(=O)[C@H](C)Oc1ccc(-c2cccc([C@@H](C)O)c2)cc1)C(=O)N[C@@H](C)C(=O)N1CCC[C@@H](C(=O)OCC(Cl)(Cl)Cl)N1. The number of hydrogen-bond donors (Lipinski definition) is 3. The van der Waals surface area contributed by atoms with Crippen LogP contribution in [0.25, 0.3) is 11.1 Å². The number of alkyl halides is 3. The van der Waals surface area contributed by atoms with Crippen LogP contribution in [0.3, 0.4) is 0 Å². The maximum atomic E-state index is 13.3. The molecule has 1 aliphatic heterocycles. The van der Waals surface area contributed by atoms with Gasteiger partial charge in [-0.3, -0.25) is 24.2 Å². The fourth-order valence-corrected chi connectivity index (χ4v) is 5.14. The summed E-state index contributed by atoms with van der Waals surface area (Å²) in [5, 5.41) is 13.9. The van der Waals surface area contributed by atoms with E-state index in [2.05, 4.69) is 10.7 Å². The Labute approximate surface area is 285 Å². The van der Waals surface area contributed by atoms with Crippen LogP contribution in [-0.4, -0.2) is 68.8 Å². The molecule has 0 spiro atoms. The molecule has 46 heavy (non-hydrogen) atoms. The molecule has 1 saturated heterocycles. The first-order chi connectivity index (χ1) is 21.6. The van der Waals surface area contributed by atoms with Crippen LogP contribution in [0.5, 0.6) is 5.75 Å². The summed E-state index contributed by atoms with van der Waals surface area (Å²) in [7, 11) is 0. The average molecular weight is 699 g/mol. The first-order valence-electron chi connectivity index (χ1n) is 15.2. The van der Waals surface area contributed by atoms with E-state index in [0.717, 1.165) is 16.7 Å². The Morgan fingerprint density at radius 2 is 1.70 bits per heavy atom. The molecule has 13 heteroatoms. The molecule has 1 fully saturated rings. The van der Waals surface area contributed by atoms with Crippen LogP contribution in [0.15, 0.2) is 48.5 Å². The number of rotatable bonds is 13. The molecule has 10 nitrogen and oxygen atoms in total. The van der Waals surface area contributed by atoms with E-state index < -0.39 is 58.4 Å². The number of halogens is 3. The molecule has 1 aliphatic rings. The second-order valence-electron chi connectivity index (χ2n) is 11.9. The number of nitrogens with one attached hydrogen (secondary N) is 2. The lowest BCUT2D eigenvalue weighted by molar-refractivity contribution is -0.153. The Balaban J connectivity index is 1.55. The quantitative estimate of drug-likeness (QED) is 0.189. The molecule has 0 aromatic heterocycles. The zero-order valence-electron chi connectivity index (χ0n) is 26.6. The number of carbonyl (C=O) groups excluding carboxylic acids is 4. The van der Waals surface area contributed by atoms with Gasteiger partial charge in [-0.1, -0.05) is 79.0 Å². The summed E-state index contributed by atoms with van der Waals surface area (Å²) < 4.78 is 9.18. The van der Waals surface area contributed by atoms with E-state index in [1.807, 2.05) is 50.2 Å². The van der Waals surface area contributed by atoms with Crippen LogP contribution in [0.4, 0.5) is 0 Å². The molecule has 5 atom stereocenters.